The van der Waals surface area contributed by atoms with Crippen molar-refractivity contribution in [3.63, 3.8) is 0 Å². The van der Waals surface area contributed by atoms with Crippen LogP contribution in [0.1, 0.15) is 0 Å². The fourth-order valence-electron chi connectivity index (χ4n) is 0.524. The second-order valence-corrected chi connectivity index (χ2v) is 4.01. The van der Waals surface area contributed by atoms with E-state index in [1.54, 1.807) is 11.3 Å². The lowest BCUT2D eigenvalue weighted by Crippen LogP contribution is -2.31. The standard InChI is InChI=1S/C6H8N2OS2/c7-8-5(9)4-11-6-2-1-3-10-6/h1-3H,4,7H2,(H,8,9). The minimum atomic E-state index is -0.150. The van der Waals surface area contributed by atoms with E-state index in [1.807, 2.05) is 17.5 Å². The van der Waals surface area contributed by atoms with Crippen LogP contribution < -0.4 is 11.3 Å². The van der Waals surface area contributed by atoms with Gasteiger partial charge in [-0.1, -0.05) is 6.07 Å². The van der Waals surface area contributed by atoms with Crippen LogP contribution in [0.3, 0.4) is 0 Å². The van der Waals surface area contributed by atoms with Crippen molar-refractivity contribution >= 4 is 29.0 Å². The Hall–Kier alpha value is -0.520. The summed E-state index contributed by atoms with van der Waals surface area (Å²) < 4.78 is 1.13. The molecule has 1 aromatic heterocycles. The maximum absolute atomic E-state index is 10.7. The van der Waals surface area contributed by atoms with Gasteiger partial charge in [-0.25, -0.2) is 5.84 Å². The van der Waals surface area contributed by atoms with Gasteiger partial charge in [0.25, 0.3) is 0 Å². The summed E-state index contributed by atoms with van der Waals surface area (Å²) in [5.74, 6) is 5.14. The summed E-state index contributed by atoms with van der Waals surface area (Å²) in [5.41, 5.74) is 2.07. The van der Waals surface area contributed by atoms with Crippen molar-refractivity contribution in [3.05, 3.63) is 17.5 Å². The van der Waals surface area contributed by atoms with Crippen LogP contribution in [0.5, 0.6) is 0 Å². The molecule has 1 rings (SSSR count). The third kappa shape index (κ3) is 2.92. The van der Waals surface area contributed by atoms with Gasteiger partial charge in [0.1, 0.15) is 0 Å². The highest BCUT2D eigenvalue weighted by atomic mass is 32.2. The van der Waals surface area contributed by atoms with E-state index in [-0.39, 0.29) is 5.91 Å². The van der Waals surface area contributed by atoms with E-state index in [0.29, 0.717) is 5.75 Å². The zero-order chi connectivity index (χ0) is 8.10. The molecule has 1 amide bonds. The number of hydrazine groups is 1. The maximum atomic E-state index is 10.7. The molecule has 0 aromatic carbocycles. The van der Waals surface area contributed by atoms with Crippen LogP contribution in [-0.2, 0) is 4.79 Å². The molecular formula is C6H8N2OS2. The Balaban J connectivity index is 2.29. The number of nitrogens with one attached hydrogen (secondary N) is 1. The first-order valence-electron chi connectivity index (χ1n) is 2.98. The lowest BCUT2D eigenvalue weighted by Gasteiger charge is -1.95. The van der Waals surface area contributed by atoms with Crippen LogP contribution >= 0.6 is 23.1 Å². The third-order valence-corrected chi connectivity index (χ3v) is 3.13. The summed E-state index contributed by atoms with van der Waals surface area (Å²) in [5, 5.41) is 1.97. The molecule has 0 aliphatic heterocycles. The quantitative estimate of drug-likeness (QED) is 0.320. The molecule has 1 aromatic rings. The van der Waals surface area contributed by atoms with Crippen molar-refractivity contribution in [1.82, 2.24) is 5.43 Å². The molecule has 3 nitrogen and oxygen atoms in total. The van der Waals surface area contributed by atoms with Gasteiger partial charge in [0.2, 0.25) is 5.91 Å². The van der Waals surface area contributed by atoms with Crippen LogP contribution in [0.2, 0.25) is 0 Å². The molecule has 0 saturated heterocycles. The van der Waals surface area contributed by atoms with E-state index in [1.165, 1.54) is 11.8 Å². The normalized spacial score (nSPS) is 9.55. The van der Waals surface area contributed by atoms with Crippen LogP contribution in [0.15, 0.2) is 21.7 Å². The van der Waals surface area contributed by atoms with Crippen molar-refractivity contribution in [3.8, 4) is 0 Å². The second kappa shape index (κ2) is 4.38. The lowest BCUT2D eigenvalue weighted by molar-refractivity contribution is -0.118. The SMILES string of the molecule is NNC(=O)CSc1cccs1. The molecule has 0 saturated carbocycles. The van der Waals surface area contributed by atoms with Gasteiger partial charge in [-0.3, -0.25) is 10.2 Å². The van der Waals surface area contributed by atoms with E-state index in [2.05, 4.69) is 5.43 Å². The Kier molecular flexibility index (Phi) is 3.41. The van der Waals surface area contributed by atoms with Gasteiger partial charge >= 0.3 is 0 Å². The van der Waals surface area contributed by atoms with E-state index < -0.39 is 0 Å². The summed E-state index contributed by atoms with van der Waals surface area (Å²) in [6.07, 6.45) is 0. The molecule has 0 bridgehead atoms. The topological polar surface area (TPSA) is 55.1 Å². The molecule has 0 atom stereocenters. The van der Waals surface area contributed by atoms with Crippen LogP contribution in [-0.4, -0.2) is 11.7 Å². The van der Waals surface area contributed by atoms with Gasteiger partial charge in [0, 0.05) is 0 Å². The molecule has 11 heavy (non-hydrogen) atoms. The Morgan fingerprint density at radius 2 is 2.64 bits per heavy atom. The number of nitrogens with two attached hydrogens (primary N) is 1. The number of carbonyl (C=O) groups is 1. The Labute approximate surface area is 72.9 Å². The highest BCUT2D eigenvalue weighted by Gasteiger charge is 1.99. The number of thiophene rings is 1. The van der Waals surface area contributed by atoms with Gasteiger partial charge in [0.15, 0.2) is 0 Å². The summed E-state index contributed by atoms with van der Waals surface area (Å²) in [4.78, 5) is 10.7. The first-order chi connectivity index (χ1) is 5.33. The van der Waals surface area contributed by atoms with Crippen molar-refractivity contribution < 1.29 is 4.79 Å². The average molecular weight is 188 g/mol. The molecule has 0 aliphatic carbocycles. The fourth-order valence-corrected chi connectivity index (χ4v) is 2.12. The van der Waals surface area contributed by atoms with Crippen molar-refractivity contribution in [2.24, 2.45) is 5.84 Å². The Morgan fingerprint density at radius 1 is 1.82 bits per heavy atom. The zero-order valence-electron chi connectivity index (χ0n) is 5.74. The number of hydrogen-bond acceptors (Lipinski definition) is 4. The predicted molar refractivity (Wildman–Crippen MR) is 47.4 cm³/mol. The summed E-state index contributed by atoms with van der Waals surface area (Å²) in [6.45, 7) is 0. The summed E-state index contributed by atoms with van der Waals surface area (Å²) in [6, 6.07) is 3.92. The van der Waals surface area contributed by atoms with E-state index in [0.717, 1.165) is 4.21 Å². The van der Waals surface area contributed by atoms with Gasteiger partial charge in [-0.2, -0.15) is 0 Å². The molecule has 0 fully saturated rings. The van der Waals surface area contributed by atoms with Crippen LogP contribution in [0.25, 0.3) is 0 Å². The molecule has 3 N–H and O–H groups in total. The minimum absolute atomic E-state index is 0.150. The zero-order valence-corrected chi connectivity index (χ0v) is 7.37. The molecular weight excluding hydrogens is 180 g/mol. The number of rotatable bonds is 3. The Morgan fingerprint density at radius 3 is 3.18 bits per heavy atom. The number of carbonyl (C=O) groups excluding carboxylic acids is 1. The average Bonchev–Trinajstić information content (AvgIpc) is 2.52. The first-order valence-corrected chi connectivity index (χ1v) is 4.85. The minimum Gasteiger partial charge on any atom is -0.294 e. The second-order valence-electron chi connectivity index (χ2n) is 1.79. The molecule has 1 heterocycles. The first kappa shape index (κ1) is 8.58. The largest absolute Gasteiger partial charge is 0.294 e. The molecule has 60 valence electrons. The molecule has 0 unspecified atom stereocenters. The van der Waals surface area contributed by atoms with Crippen LogP contribution in [0.4, 0.5) is 0 Å². The van der Waals surface area contributed by atoms with E-state index >= 15 is 0 Å². The predicted octanol–water partition coefficient (Wildman–Crippen LogP) is 0.830. The van der Waals surface area contributed by atoms with Crippen molar-refractivity contribution in [1.29, 1.82) is 0 Å². The molecule has 0 radical (unpaired) electrons. The summed E-state index contributed by atoms with van der Waals surface area (Å²) >= 11 is 3.10. The maximum Gasteiger partial charge on any atom is 0.244 e. The number of hydrogen-bond donors (Lipinski definition) is 2. The van der Waals surface area contributed by atoms with Crippen LogP contribution in [0, 0.1) is 0 Å². The smallest absolute Gasteiger partial charge is 0.244 e. The summed E-state index contributed by atoms with van der Waals surface area (Å²) in [7, 11) is 0. The Bertz CT molecular complexity index is 222. The number of amides is 1. The van der Waals surface area contributed by atoms with Crippen molar-refractivity contribution in [2.75, 3.05) is 5.75 Å². The monoisotopic (exact) mass is 188 g/mol. The van der Waals surface area contributed by atoms with Gasteiger partial charge < -0.3 is 0 Å². The van der Waals surface area contributed by atoms with Crippen molar-refractivity contribution in [2.45, 2.75) is 4.21 Å². The fraction of sp³-hybridized carbons (Fsp3) is 0.167. The lowest BCUT2D eigenvalue weighted by atomic mass is 10.7. The molecule has 0 spiro atoms. The van der Waals surface area contributed by atoms with Gasteiger partial charge in [-0.15, -0.1) is 23.1 Å². The highest BCUT2D eigenvalue weighted by Crippen LogP contribution is 2.22. The van der Waals surface area contributed by atoms with E-state index in [9.17, 15) is 4.79 Å². The molecule has 0 aliphatic rings. The molecule has 5 heteroatoms. The van der Waals surface area contributed by atoms with E-state index in [4.69, 9.17) is 5.84 Å². The number of thioether (sulfide) groups is 1. The van der Waals surface area contributed by atoms with Gasteiger partial charge in [0.05, 0.1) is 9.96 Å². The highest BCUT2D eigenvalue weighted by molar-refractivity contribution is 8.01. The third-order valence-electron chi connectivity index (χ3n) is 1.00. The van der Waals surface area contributed by atoms with Gasteiger partial charge in [-0.05, 0) is 11.4 Å².